The van der Waals surface area contributed by atoms with E-state index in [1.54, 1.807) is 53.8 Å². The second kappa shape index (κ2) is 13.1. The molecule has 0 radical (unpaired) electrons. The molecule has 11 nitrogen and oxygen atoms in total. The number of hydrogen-bond acceptors (Lipinski definition) is 8. The molecule has 5 rings (SSSR count). The third-order valence-electron chi connectivity index (χ3n) is 8.12. The number of carbonyl (C=O) groups excluding carboxylic acids is 2. The van der Waals surface area contributed by atoms with Crippen molar-refractivity contribution in [3.05, 3.63) is 57.7 Å². The second-order valence-corrected chi connectivity index (χ2v) is 15.1. The quantitative estimate of drug-likeness (QED) is 0.367. The topological polar surface area (TPSA) is 122 Å². The number of nitrogens with zero attached hydrogens (tertiary/aromatic N) is 4. The molecule has 0 saturated carbocycles. The molecule has 2 fully saturated rings. The number of piperazine rings is 1. The van der Waals surface area contributed by atoms with E-state index in [0.29, 0.717) is 40.0 Å². The fourth-order valence-corrected chi connectivity index (χ4v) is 6.93. The summed E-state index contributed by atoms with van der Waals surface area (Å²) < 4.78 is 17.4. The molecule has 1 aromatic heterocycles. The van der Waals surface area contributed by atoms with Crippen LogP contribution in [0, 0.1) is 12.8 Å². The number of hydrogen-bond donors (Lipinski definition) is 1. The fourth-order valence-electron chi connectivity index (χ4n) is 6.24. The van der Waals surface area contributed by atoms with Crippen molar-refractivity contribution in [1.82, 2.24) is 14.8 Å². The van der Waals surface area contributed by atoms with E-state index in [0.717, 1.165) is 17.8 Å². The van der Waals surface area contributed by atoms with Gasteiger partial charge in [0, 0.05) is 32.3 Å². The molecule has 2 saturated heterocycles. The molecular formula is C34H42Cl2N4O7. The molecule has 2 bridgehead atoms. The third kappa shape index (κ3) is 7.89. The van der Waals surface area contributed by atoms with Gasteiger partial charge in [-0.25, -0.2) is 14.6 Å². The van der Waals surface area contributed by atoms with Crippen molar-refractivity contribution >= 4 is 52.7 Å². The largest absolute Gasteiger partial charge is 0.485 e. The lowest BCUT2D eigenvalue weighted by atomic mass is 9.79. The number of aryl methyl sites for hydroxylation is 1. The van der Waals surface area contributed by atoms with Crippen LogP contribution in [-0.2, 0) is 14.3 Å². The van der Waals surface area contributed by atoms with Crippen LogP contribution in [-0.4, -0.2) is 93.6 Å². The fraction of sp³-hybridized carbons (Fsp3) is 0.529. The zero-order chi connectivity index (χ0) is 34.4. The monoisotopic (exact) mass is 688 g/mol. The molecule has 3 aliphatic heterocycles. The Balaban J connectivity index is 1.39. The van der Waals surface area contributed by atoms with Gasteiger partial charge in [-0.15, -0.1) is 0 Å². The van der Waals surface area contributed by atoms with Crippen LogP contribution in [0.4, 0.5) is 15.4 Å². The lowest BCUT2D eigenvalue weighted by molar-refractivity contribution is -0.143. The van der Waals surface area contributed by atoms with Gasteiger partial charge in [0.05, 0.1) is 28.7 Å². The first-order chi connectivity index (χ1) is 21.9. The molecule has 0 spiro atoms. The molecule has 3 aliphatic rings. The number of fused-ring (bicyclic) bond motifs is 2. The normalized spacial score (nSPS) is 22.9. The molecule has 1 unspecified atom stereocenters. The molecule has 13 heteroatoms. The maximum absolute atomic E-state index is 13.4. The lowest BCUT2D eigenvalue weighted by Crippen LogP contribution is -2.66. The number of carbonyl (C=O) groups is 3. The summed E-state index contributed by atoms with van der Waals surface area (Å²) in [5.74, 6) is -1.09. The molecule has 1 N–H and O–H groups in total. The van der Waals surface area contributed by atoms with Crippen LogP contribution in [0.2, 0.25) is 10.0 Å². The Morgan fingerprint density at radius 3 is 2.15 bits per heavy atom. The van der Waals surface area contributed by atoms with Gasteiger partial charge in [-0.1, -0.05) is 29.3 Å². The highest BCUT2D eigenvalue weighted by Crippen LogP contribution is 2.40. The van der Waals surface area contributed by atoms with Gasteiger partial charge < -0.3 is 29.1 Å². The summed E-state index contributed by atoms with van der Waals surface area (Å²) in [6.45, 7) is 13.8. The zero-order valence-electron chi connectivity index (χ0n) is 27.8. The first-order valence-corrected chi connectivity index (χ1v) is 16.4. The van der Waals surface area contributed by atoms with Gasteiger partial charge in [0.25, 0.3) is 0 Å². The maximum atomic E-state index is 13.4. The van der Waals surface area contributed by atoms with E-state index < -0.39 is 47.4 Å². The van der Waals surface area contributed by atoms with Gasteiger partial charge in [-0.2, -0.15) is 0 Å². The number of benzene rings is 1. The Hall–Kier alpha value is -3.70. The van der Waals surface area contributed by atoms with Crippen LogP contribution in [0.15, 0.2) is 36.5 Å². The van der Waals surface area contributed by atoms with Gasteiger partial charge >= 0.3 is 18.2 Å². The number of halogens is 2. The zero-order valence-corrected chi connectivity index (χ0v) is 29.3. The summed E-state index contributed by atoms with van der Waals surface area (Å²) in [6, 6.07) is 5.79. The minimum atomic E-state index is -1.15. The van der Waals surface area contributed by atoms with E-state index in [4.69, 9.17) is 42.4 Å². The molecule has 4 heterocycles. The van der Waals surface area contributed by atoms with Crippen LogP contribution in [0.1, 0.15) is 59.1 Å². The number of anilines is 1. The average Bonchev–Trinajstić information content (AvgIpc) is 3.40. The van der Waals surface area contributed by atoms with Gasteiger partial charge in [-0.05, 0) is 89.4 Å². The van der Waals surface area contributed by atoms with Crippen LogP contribution in [0.3, 0.4) is 0 Å². The maximum Gasteiger partial charge on any atom is 0.411 e. The highest BCUT2D eigenvalue weighted by atomic mass is 35.5. The van der Waals surface area contributed by atoms with Crippen molar-refractivity contribution in [3.8, 4) is 5.75 Å². The third-order valence-corrected chi connectivity index (χ3v) is 8.68. The highest BCUT2D eigenvalue weighted by molar-refractivity contribution is 6.37. The Kier molecular flexibility index (Phi) is 9.63. The minimum absolute atomic E-state index is 0.0331. The number of ether oxygens (including phenoxy) is 3. The van der Waals surface area contributed by atoms with Crippen molar-refractivity contribution in [3.63, 3.8) is 0 Å². The summed E-state index contributed by atoms with van der Waals surface area (Å²) >= 11 is 12.8. The molecule has 4 atom stereocenters. The Morgan fingerprint density at radius 1 is 0.936 bits per heavy atom. The number of rotatable bonds is 5. The summed E-state index contributed by atoms with van der Waals surface area (Å²) in [5.41, 5.74) is 0.566. The number of pyridine rings is 1. The van der Waals surface area contributed by atoms with Gasteiger partial charge in [-0.3, -0.25) is 9.69 Å². The van der Waals surface area contributed by atoms with Gasteiger partial charge in [0.2, 0.25) is 0 Å². The molecule has 2 amide bonds. The van der Waals surface area contributed by atoms with Crippen molar-refractivity contribution in [1.29, 1.82) is 0 Å². The molecule has 254 valence electrons. The lowest BCUT2D eigenvalue weighted by Gasteiger charge is -2.50. The first-order valence-electron chi connectivity index (χ1n) is 15.7. The van der Waals surface area contributed by atoms with Crippen LogP contribution in [0.5, 0.6) is 5.75 Å². The minimum Gasteiger partial charge on any atom is -0.485 e. The average molecular weight is 690 g/mol. The van der Waals surface area contributed by atoms with E-state index in [2.05, 4.69) is 4.90 Å². The van der Waals surface area contributed by atoms with Crippen molar-refractivity contribution < 1.29 is 33.7 Å². The van der Waals surface area contributed by atoms with E-state index in [9.17, 15) is 19.5 Å². The van der Waals surface area contributed by atoms with Crippen LogP contribution in [0.25, 0.3) is 5.57 Å². The van der Waals surface area contributed by atoms with Crippen molar-refractivity contribution in [2.45, 2.75) is 84.3 Å². The summed E-state index contributed by atoms with van der Waals surface area (Å²) in [5, 5.41) is 11.5. The Bertz CT molecular complexity index is 1540. The predicted molar refractivity (Wildman–Crippen MR) is 179 cm³/mol. The van der Waals surface area contributed by atoms with E-state index in [1.807, 2.05) is 31.2 Å². The van der Waals surface area contributed by atoms with Crippen molar-refractivity contribution in [2.24, 2.45) is 5.92 Å². The van der Waals surface area contributed by atoms with E-state index in [1.165, 1.54) is 9.80 Å². The molecular weight excluding hydrogens is 647 g/mol. The van der Waals surface area contributed by atoms with Crippen LogP contribution < -0.4 is 9.64 Å². The SMILES string of the molecule is Cc1cc(Cl)c(O[C@@H]2CCN(c3ccc(C4=C[C@H]5CN(C(=O)OC(C)(C)C)C[C@@H](C4C(=O)O)N5C(=O)OC(C)(C)C)cn3)C2)c(Cl)c1. The van der Waals surface area contributed by atoms with E-state index >= 15 is 0 Å². The van der Waals surface area contributed by atoms with E-state index in [-0.39, 0.29) is 19.2 Å². The summed E-state index contributed by atoms with van der Waals surface area (Å²) in [4.78, 5) is 49.1. The Labute approximate surface area is 285 Å². The number of amides is 2. The Morgan fingerprint density at radius 2 is 1.57 bits per heavy atom. The smallest absolute Gasteiger partial charge is 0.411 e. The van der Waals surface area contributed by atoms with Gasteiger partial charge in [0.1, 0.15) is 29.0 Å². The summed E-state index contributed by atoms with van der Waals surface area (Å²) in [7, 11) is 0. The molecule has 47 heavy (non-hydrogen) atoms. The van der Waals surface area contributed by atoms with Gasteiger partial charge in [0.15, 0.2) is 5.75 Å². The predicted octanol–water partition coefficient (Wildman–Crippen LogP) is 6.68. The first kappa shape index (κ1) is 34.6. The second-order valence-electron chi connectivity index (χ2n) is 14.3. The molecule has 1 aromatic carbocycles. The highest BCUT2D eigenvalue weighted by Gasteiger charge is 2.51. The number of carboxylic acid groups (broad SMARTS) is 1. The standard InChI is InChI=1S/C34H42Cl2N4O7/c1-19-12-24(35)29(25(36)13-19)45-22-10-11-38(17-22)27-9-8-20(15-37-27)23-14-21-16-39(31(43)46-33(2,3)4)18-26(28(23)30(41)42)40(21)32(44)47-34(5,6)7/h8-9,12-15,21-22,26,28H,10-11,16-18H2,1-7H3,(H,41,42)/t21-,22+,26-,28?/m0/s1. The summed E-state index contributed by atoms with van der Waals surface area (Å²) in [6.07, 6.45) is 2.80. The number of aromatic nitrogens is 1. The molecule has 0 aliphatic carbocycles. The van der Waals surface area contributed by atoms with Crippen LogP contribution >= 0.6 is 23.2 Å². The number of carboxylic acids is 1. The number of aliphatic carboxylic acids is 1. The molecule has 2 aromatic rings. The van der Waals surface area contributed by atoms with Crippen molar-refractivity contribution in [2.75, 3.05) is 31.1 Å².